The molecule has 1 aromatic heterocycles. The van der Waals surface area contributed by atoms with Gasteiger partial charge >= 0.3 is 5.97 Å². The van der Waals surface area contributed by atoms with Gasteiger partial charge in [-0.3, -0.25) is 9.59 Å². The van der Waals surface area contributed by atoms with Crippen molar-refractivity contribution < 1.29 is 19.1 Å². The molecule has 0 saturated carbocycles. The van der Waals surface area contributed by atoms with Gasteiger partial charge in [0.05, 0.1) is 23.6 Å². The molecule has 4 N–H and O–H groups in total. The molecule has 0 saturated heterocycles. The summed E-state index contributed by atoms with van der Waals surface area (Å²) >= 11 is 1.24. The summed E-state index contributed by atoms with van der Waals surface area (Å²) in [6.45, 7) is 5.39. The lowest BCUT2D eigenvalue weighted by atomic mass is 10.1. The van der Waals surface area contributed by atoms with Crippen LogP contribution in [0.2, 0.25) is 0 Å². The van der Waals surface area contributed by atoms with E-state index in [0.717, 1.165) is 4.90 Å². The predicted molar refractivity (Wildman–Crippen MR) is 101 cm³/mol. The Bertz CT molecular complexity index is 845. The Morgan fingerprint density at radius 2 is 1.92 bits per heavy atom. The molecule has 1 aromatic carbocycles. The minimum Gasteiger partial charge on any atom is -0.462 e. The second kappa shape index (κ2) is 8.57. The van der Waals surface area contributed by atoms with Crippen LogP contribution in [0.5, 0.6) is 0 Å². The van der Waals surface area contributed by atoms with E-state index in [2.05, 4.69) is 10.3 Å². The number of aryl methyl sites for hydroxylation is 1. The van der Waals surface area contributed by atoms with Crippen LogP contribution >= 0.6 is 11.8 Å². The van der Waals surface area contributed by atoms with Gasteiger partial charge in [0, 0.05) is 10.6 Å². The minimum absolute atomic E-state index is 0.112. The summed E-state index contributed by atoms with van der Waals surface area (Å²) in [5.41, 5.74) is 7.50. The van der Waals surface area contributed by atoms with Crippen LogP contribution in [0, 0.1) is 13.8 Å². The van der Waals surface area contributed by atoms with Crippen molar-refractivity contribution in [3.05, 3.63) is 46.8 Å². The second-order valence-electron chi connectivity index (χ2n) is 5.55. The van der Waals surface area contributed by atoms with Crippen LogP contribution in [-0.4, -0.2) is 35.1 Å². The van der Waals surface area contributed by atoms with Gasteiger partial charge in [-0.15, -0.1) is 11.8 Å². The zero-order chi connectivity index (χ0) is 19.3. The lowest BCUT2D eigenvalue weighted by molar-refractivity contribution is -0.115. The minimum atomic E-state index is -0.463. The SMILES string of the molecule is CCOC(=O)c1c(C)[nH]c(C(=O)Nc2ccccc2SCC(N)=O)c1C. The maximum atomic E-state index is 12.7. The number of carbonyl (C=O) groups excluding carboxylic acids is 3. The summed E-state index contributed by atoms with van der Waals surface area (Å²) < 4.78 is 5.04. The standard InChI is InChI=1S/C18H21N3O4S/c1-4-25-18(24)15-10(2)16(20-11(15)3)17(23)21-12-7-5-6-8-13(12)26-9-14(19)22/h5-8,20H,4,9H2,1-3H3,(H2,19,22)(H,21,23). The molecule has 2 amide bonds. The lowest BCUT2D eigenvalue weighted by Crippen LogP contribution is -2.16. The van der Waals surface area contributed by atoms with E-state index in [9.17, 15) is 14.4 Å². The number of nitrogens with one attached hydrogen (secondary N) is 2. The van der Waals surface area contributed by atoms with Gasteiger partial charge in [0.25, 0.3) is 5.91 Å². The normalized spacial score (nSPS) is 10.4. The molecule has 138 valence electrons. The number of aromatic nitrogens is 1. The number of amides is 2. The maximum absolute atomic E-state index is 12.7. The molecule has 2 rings (SSSR count). The number of thioether (sulfide) groups is 1. The fourth-order valence-electron chi connectivity index (χ4n) is 2.52. The van der Waals surface area contributed by atoms with Crippen LogP contribution in [0.3, 0.4) is 0 Å². The summed E-state index contributed by atoms with van der Waals surface area (Å²) in [7, 11) is 0. The fraction of sp³-hybridized carbons (Fsp3) is 0.278. The third kappa shape index (κ3) is 4.45. The number of anilines is 1. The number of H-pyrrole nitrogens is 1. The quantitative estimate of drug-likeness (QED) is 0.508. The van der Waals surface area contributed by atoms with Crippen LogP contribution in [-0.2, 0) is 9.53 Å². The predicted octanol–water partition coefficient (Wildman–Crippen LogP) is 2.64. The van der Waals surface area contributed by atoms with Gasteiger partial charge in [0.1, 0.15) is 5.69 Å². The van der Waals surface area contributed by atoms with E-state index in [0.29, 0.717) is 28.2 Å². The Kier molecular flexibility index (Phi) is 6.46. The van der Waals surface area contributed by atoms with Crippen molar-refractivity contribution in [3.63, 3.8) is 0 Å². The average molecular weight is 375 g/mol. The number of primary amides is 1. The number of esters is 1. The smallest absolute Gasteiger partial charge is 0.340 e. The van der Waals surface area contributed by atoms with Crippen LogP contribution in [0.4, 0.5) is 5.69 Å². The summed E-state index contributed by atoms with van der Waals surface area (Å²) in [5, 5.41) is 2.81. The van der Waals surface area contributed by atoms with E-state index < -0.39 is 11.9 Å². The monoisotopic (exact) mass is 375 g/mol. The van der Waals surface area contributed by atoms with Gasteiger partial charge in [0.2, 0.25) is 5.91 Å². The molecule has 0 aliphatic carbocycles. The van der Waals surface area contributed by atoms with Gasteiger partial charge in [-0.1, -0.05) is 12.1 Å². The average Bonchev–Trinajstić information content (AvgIpc) is 2.89. The van der Waals surface area contributed by atoms with Crippen molar-refractivity contribution >= 4 is 35.2 Å². The van der Waals surface area contributed by atoms with Crippen molar-refractivity contribution in [2.45, 2.75) is 25.7 Å². The van der Waals surface area contributed by atoms with Gasteiger partial charge in [-0.25, -0.2) is 4.79 Å². The number of benzene rings is 1. The Labute approximate surface area is 155 Å². The third-order valence-electron chi connectivity index (χ3n) is 3.65. The summed E-state index contributed by atoms with van der Waals surface area (Å²) in [5.74, 6) is -1.17. The second-order valence-corrected chi connectivity index (χ2v) is 6.57. The highest BCUT2D eigenvalue weighted by atomic mass is 32.2. The number of hydrogen-bond acceptors (Lipinski definition) is 5. The zero-order valence-corrected chi connectivity index (χ0v) is 15.7. The summed E-state index contributed by atoms with van der Waals surface area (Å²) in [6.07, 6.45) is 0. The highest BCUT2D eigenvalue weighted by Gasteiger charge is 2.23. The Hall–Kier alpha value is -2.74. The van der Waals surface area contributed by atoms with E-state index in [-0.39, 0.29) is 18.3 Å². The molecular weight excluding hydrogens is 354 g/mol. The Morgan fingerprint density at radius 1 is 1.23 bits per heavy atom. The highest BCUT2D eigenvalue weighted by molar-refractivity contribution is 8.00. The number of nitrogens with two attached hydrogens (primary N) is 1. The van der Waals surface area contributed by atoms with E-state index >= 15 is 0 Å². The molecule has 0 spiro atoms. The number of para-hydroxylation sites is 1. The van der Waals surface area contributed by atoms with Gasteiger partial charge in [-0.05, 0) is 38.5 Å². The molecule has 0 aliphatic heterocycles. The topological polar surface area (TPSA) is 114 Å². The van der Waals surface area contributed by atoms with Gasteiger partial charge in [-0.2, -0.15) is 0 Å². The first-order valence-electron chi connectivity index (χ1n) is 8.02. The molecule has 0 radical (unpaired) electrons. The van der Waals surface area contributed by atoms with Crippen molar-refractivity contribution in [3.8, 4) is 0 Å². The van der Waals surface area contributed by atoms with Crippen molar-refractivity contribution in [1.82, 2.24) is 4.98 Å². The van der Waals surface area contributed by atoms with Crippen LogP contribution in [0.15, 0.2) is 29.2 Å². The van der Waals surface area contributed by atoms with E-state index in [1.807, 2.05) is 6.07 Å². The first-order chi connectivity index (χ1) is 12.3. The zero-order valence-electron chi connectivity index (χ0n) is 14.8. The lowest BCUT2D eigenvalue weighted by Gasteiger charge is -2.10. The first-order valence-corrected chi connectivity index (χ1v) is 9.01. The number of aromatic amines is 1. The number of rotatable bonds is 7. The number of ether oxygens (including phenoxy) is 1. The van der Waals surface area contributed by atoms with Crippen LogP contribution < -0.4 is 11.1 Å². The molecule has 0 unspecified atom stereocenters. The molecule has 26 heavy (non-hydrogen) atoms. The molecule has 0 fully saturated rings. The third-order valence-corrected chi connectivity index (χ3v) is 4.75. The van der Waals surface area contributed by atoms with Crippen LogP contribution in [0.1, 0.15) is 39.0 Å². The highest BCUT2D eigenvalue weighted by Crippen LogP contribution is 2.28. The Balaban J connectivity index is 2.25. The molecule has 1 heterocycles. The number of hydrogen-bond donors (Lipinski definition) is 3. The molecular formula is C18H21N3O4S. The molecule has 0 aliphatic rings. The molecule has 0 bridgehead atoms. The Morgan fingerprint density at radius 3 is 2.58 bits per heavy atom. The van der Waals surface area contributed by atoms with Crippen molar-refractivity contribution in [2.75, 3.05) is 17.7 Å². The molecule has 7 nitrogen and oxygen atoms in total. The van der Waals surface area contributed by atoms with Crippen molar-refractivity contribution in [2.24, 2.45) is 5.73 Å². The van der Waals surface area contributed by atoms with E-state index in [4.69, 9.17) is 10.5 Å². The first kappa shape index (κ1) is 19.6. The maximum Gasteiger partial charge on any atom is 0.340 e. The van der Waals surface area contributed by atoms with Crippen molar-refractivity contribution in [1.29, 1.82) is 0 Å². The largest absolute Gasteiger partial charge is 0.462 e. The molecule has 0 atom stereocenters. The van der Waals surface area contributed by atoms with Gasteiger partial charge in [0.15, 0.2) is 0 Å². The van der Waals surface area contributed by atoms with Crippen LogP contribution in [0.25, 0.3) is 0 Å². The van der Waals surface area contributed by atoms with Gasteiger partial charge < -0.3 is 20.8 Å². The molecule has 2 aromatic rings. The van der Waals surface area contributed by atoms with E-state index in [1.165, 1.54) is 11.8 Å². The fourth-order valence-corrected chi connectivity index (χ4v) is 3.26. The molecule has 8 heteroatoms. The summed E-state index contributed by atoms with van der Waals surface area (Å²) in [4.78, 5) is 39.4. The summed E-state index contributed by atoms with van der Waals surface area (Å²) in [6, 6.07) is 7.11. The van der Waals surface area contributed by atoms with E-state index in [1.54, 1.807) is 39.0 Å². The number of carbonyl (C=O) groups is 3.